The molecule has 0 aliphatic rings. The van der Waals surface area contributed by atoms with Crippen LogP contribution in [0.15, 0.2) is 0 Å². The molecule has 0 unspecified atom stereocenters. The van der Waals surface area contributed by atoms with Gasteiger partial charge in [0.15, 0.2) is 0 Å². The monoisotopic (exact) mass is 210 g/mol. The van der Waals surface area contributed by atoms with Crippen LogP contribution in [-0.4, -0.2) is 30.5 Å². The van der Waals surface area contributed by atoms with Gasteiger partial charge in [0.2, 0.25) is 10.4 Å². The molecule has 2 N–H and O–H groups in total. The summed E-state index contributed by atoms with van der Waals surface area (Å²) in [6.07, 6.45) is 0. The Bertz CT molecular complexity index is 255. The van der Waals surface area contributed by atoms with Gasteiger partial charge < -0.3 is 14.1 Å². The molecule has 0 aromatic rings. The third kappa shape index (κ3) is 78.9. The molecule has 0 radical (unpaired) electrons. The minimum atomic E-state index is -4.97. The molecule has 9 nitrogen and oxygen atoms in total. The maximum absolute atomic E-state index is 8.91. The Morgan fingerprint density at radius 1 is 1.09 bits per heavy atom. The normalized spacial score (nSPS) is 11.6. The van der Waals surface area contributed by atoms with Crippen molar-refractivity contribution in [2.45, 2.75) is 0 Å². The molecule has 70 valence electrons. The van der Waals surface area contributed by atoms with Crippen molar-refractivity contribution < 1.29 is 40.1 Å². The quantitative estimate of drug-likeness (QED) is 0.199. The van der Waals surface area contributed by atoms with Gasteiger partial charge in [0, 0.05) is 0 Å². The van der Waals surface area contributed by atoms with E-state index in [-0.39, 0.29) is 0 Å². The maximum Gasteiger partial charge on any atom is 0.394 e. The van der Waals surface area contributed by atoms with Crippen molar-refractivity contribution in [2.24, 2.45) is 0 Å². The molecule has 0 aliphatic heterocycles. The molecule has 11 heteroatoms. The van der Waals surface area contributed by atoms with Gasteiger partial charge in [0.05, 0.1) is 0 Å². The Morgan fingerprint density at radius 3 is 1.18 bits per heavy atom. The third-order valence-electron chi connectivity index (χ3n) is 0.0833. The molecule has 0 atom stereocenters. The second-order valence-corrected chi connectivity index (χ2v) is 2.77. The summed E-state index contributed by atoms with van der Waals surface area (Å²) in [6.45, 7) is 0. The molecular weight excluding hydrogens is 208 g/mol. The third-order valence-corrected chi connectivity index (χ3v) is 0.250. The van der Waals surface area contributed by atoms with Crippen molar-refractivity contribution in [3.63, 3.8) is 0 Å². The minimum absolute atomic E-state index is 2.10. The average molecular weight is 210 g/mol. The fraction of sp³-hybridized carbons (Fsp3) is 0. The standard InChI is InChI=1S/H2O5S.H2O4S/c1-5-6(2,3)4;1-5(2,3)4/h1H,(H,2,3,4);(H2,1,2,3,4)/p-2. The number of rotatable bonds is 1. The highest BCUT2D eigenvalue weighted by Gasteiger charge is 1.84. The highest BCUT2D eigenvalue weighted by molar-refractivity contribution is 7.80. The highest BCUT2D eigenvalue weighted by Crippen LogP contribution is 1.69. The van der Waals surface area contributed by atoms with Crippen LogP contribution in [0.1, 0.15) is 0 Å². The molecule has 0 aliphatic carbocycles. The van der Waals surface area contributed by atoms with Crippen LogP contribution in [0.4, 0.5) is 0 Å². The molecule has 0 heterocycles. The molecule has 11 heavy (non-hydrogen) atoms. The van der Waals surface area contributed by atoms with E-state index in [1.54, 1.807) is 0 Å². The molecule has 0 aromatic carbocycles. The summed E-state index contributed by atoms with van der Waals surface area (Å²) in [4.78, 5) is 0. The van der Waals surface area contributed by atoms with Crippen molar-refractivity contribution >= 4 is 20.8 Å². The minimum Gasteiger partial charge on any atom is -0.726 e. The molecule has 0 spiro atoms. The summed E-state index contributed by atoms with van der Waals surface area (Å²) in [5.41, 5.74) is 0. The van der Waals surface area contributed by atoms with Crippen molar-refractivity contribution in [1.82, 2.24) is 0 Å². The van der Waals surface area contributed by atoms with Gasteiger partial charge in [0.1, 0.15) is 0 Å². The summed E-state index contributed by atoms with van der Waals surface area (Å²) in [6, 6.07) is 0. The van der Waals surface area contributed by atoms with E-state index in [1.165, 1.54) is 0 Å². The van der Waals surface area contributed by atoms with Crippen LogP contribution in [0.3, 0.4) is 0 Å². The summed E-state index contributed by atoms with van der Waals surface area (Å²) in [7, 11) is -9.63. The first-order chi connectivity index (χ1) is 4.56. The van der Waals surface area contributed by atoms with Gasteiger partial charge in [-0.25, -0.2) is 8.42 Å². The van der Waals surface area contributed by atoms with Gasteiger partial charge in [-0.3, -0.25) is 9.11 Å². The molecule has 0 amide bonds. The maximum atomic E-state index is 8.91. The molecule has 0 saturated carbocycles. The number of hydrogen-bond acceptors (Lipinski definition) is 7. The van der Waals surface area contributed by atoms with E-state index in [9.17, 15) is 0 Å². The van der Waals surface area contributed by atoms with E-state index in [0.29, 0.717) is 0 Å². The first-order valence-corrected chi connectivity index (χ1v) is 4.26. The molecular formula is H2O9S2-2. The van der Waals surface area contributed by atoms with E-state index >= 15 is 0 Å². The Morgan fingerprint density at radius 2 is 1.18 bits per heavy atom. The molecule has 0 fully saturated rings. The van der Waals surface area contributed by atoms with Crippen LogP contribution in [0.5, 0.6) is 0 Å². The molecule has 0 bridgehead atoms. The second kappa shape index (κ2) is 4.55. The predicted molar refractivity (Wildman–Crippen MR) is 25.0 cm³/mol. The molecule has 0 rings (SSSR count). The first kappa shape index (κ1) is 13.3. The van der Waals surface area contributed by atoms with Gasteiger partial charge in [-0.1, -0.05) is 0 Å². The van der Waals surface area contributed by atoms with Gasteiger partial charge in [0.25, 0.3) is 0 Å². The predicted octanol–water partition coefficient (Wildman–Crippen LogP) is -2.91. The van der Waals surface area contributed by atoms with Gasteiger partial charge >= 0.3 is 10.4 Å². The SMILES string of the molecule is O=S(=O)(O)O.O=S(=O)([O-])O[O-]. The lowest BCUT2D eigenvalue weighted by Crippen LogP contribution is -2.13. The van der Waals surface area contributed by atoms with Crippen molar-refractivity contribution in [3.8, 4) is 0 Å². The number of hydrogen-bond donors (Lipinski definition) is 2. The van der Waals surface area contributed by atoms with E-state index in [1.807, 2.05) is 0 Å². The zero-order valence-corrected chi connectivity index (χ0v) is 6.20. The Labute approximate surface area is 61.7 Å². The molecule has 0 saturated heterocycles. The van der Waals surface area contributed by atoms with Gasteiger partial charge in [-0.15, -0.1) is 0 Å². The van der Waals surface area contributed by atoms with E-state index in [4.69, 9.17) is 35.8 Å². The van der Waals surface area contributed by atoms with Crippen LogP contribution < -0.4 is 5.26 Å². The molecule has 0 aromatic heterocycles. The lowest BCUT2D eigenvalue weighted by molar-refractivity contribution is -0.637. The smallest absolute Gasteiger partial charge is 0.394 e. The Kier molecular flexibility index (Phi) is 5.50. The lowest BCUT2D eigenvalue weighted by Gasteiger charge is -2.07. The topological polar surface area (TPSA) is 164 Å². The van der Waals surface area contributed by atoms with Crippen molar-refractivity contribution in [3.05, 3.63) is 0 Å². The van der Waals surface area contributed by atoms with Crippen LogP contribution in [0.25, 0.3) is 0 Å². The average Bonchev–Trinajstić information content (AvgIpc) is 1.59. The van der Waals surface area contributed by atoms with Crippen molar-refractivity contribution in [1.29, 1.82) is 0 Å². The summed E-state index contributed by atoms with van der Waals surface area (Å²) in [5, 5.41) is 8.55. The second-order valence-electron chi connectivity index (χ2n) is 0.924. The van der Waals surface area contributed by atoms with Crippen LogP contribution in [0.2, 0.25) is 0 Å². The van der Waals surface area contributed by atoms with Crippen molar-refractivity contribution in [2.75, 3.05) is 0 Å². The fourth-order valence-corrected chi connectivity index (χ4v) is 0. The van der Waals surface area contributed by atoms with Crippen LogP contribution >= 0.6 is 0 Å². The zero-order chi connectivity index (χ0) is 9.71. The summed E-state index contributed by atoms with van der Waals surface area (Å²) >= 11 is 0. The Balaban J connectivity index is 0. The van der Waals surface area contributed by atoms with Crippen LogP contribution in [0, 0.1) is 0 Å². The Hall–Kier alpha value is -0.300. The van der Waals surface area contributed by atoms with E-state index in [0.717, 1.165) is 0 Å². The van der Waals surface area contributed by atoms with E-state index < -0.39 is 20.8 Å². The zero-order valence-electron chi connectivity index (χ0n) is 4.57. The summed E-state index contributed by atoms with van der Waals surface area (Å²) in [5.74, 6) is 0. The van der Waals surface area contributed by atoms with E-state index in [2.05, 4.69) is 4.33 Å². The largest absolute Gasteiger partial charge is 0.726 e. The van der Waals surface area contributed by atoms with Gasteiger partial charge in [-0.05, 0) is 0 Å². The lowest BCUT2D eigenvalue weighted by atomic mass is 15.0. The highest BCUT2D eigenvalue weighted by atomic mass is 32.3. The summed E-state index contributed by atoms with van der Waals surface area (Å²) < 4.78 is 60.4. The fourth-order valence-electron chi connectivity index (χ4n) is 0. The first-order valence-electron chi connectivity index (χ1n) is 1.53. The van der Waals surface area contributed by atoms with Crippen LogP contribution in [-0.2, 0) is 25.1 Å². The van der Waals surface area contributed by atoms with Gasteiger partial charge in [-0.2, -0.15) is 8.42 Å².